The number of nitrogens with zero attached hydrogens (tertiary/aromatic N) is 3. The van der Waals surface area contributed by atoms with Gasteiger partial charge in [-0.2, -0.15) is 0 Å². The van der Waals surface area contributed by atoms with E-state index in [-0.39, 0.29) is 10.8 Å². The number of aromatic nitrogens is 3. The molecular formula is C62H47N3S. The van der Waals surface area contributed by atoms with Crippen LogP contribution in [-0.2, 0) is 21.7 Å². The molecule has 1 atom stereocenters. The highest BCUT2D eigenvalue weighted by Gasteiger charge is 2.56. The molecule has 316 valence electrons. The molecule has 66 heavy (non-hydrogen) atoms. The molecule has 0 saturated heterocycles. The third kappa shape index (κ3) is 4.70. The van der Waals surface area contributed by atoms with Crippen molar-refractivity contribution in [2.24, 2.45) is 0 Å². The maximum Gasteiger partial charge on any atom is 0.0939 e. The summed E-state index contributed by atoms with van der Waals surface area (Å²) in [7, 11) is 0. The third-order valence-electron chi connectivity index (χ3n) is 15.5. The molecule has 3 aromatic heterocycles. The van der Waals surface area contributed by atoms with Crippen LogP contribution in [0, 0.1) is 0 Å². The first kappa shape index (κ1) is 38.3. The molecule has 0 radical (unpaired) electrons. The lowest BCUT2D eigenvalue weighted by Gasteiger charge is -2.40. The van der Waals surface area contributed by atoms with Gasteiger partial charge in [-0.1, -0.05) is 162 Å². The Morgan fingerprint density at radius 3 is 1.53 bits per heavy atom. The zero-order chi connectivity index (χ0) is 44.5. The summed E-state index contributed by atoms with van der Waals surface area (Å²) < 4.78 is 2.46. The van der Waals surface area contributed by atoms with Crippen LogP contribution in [0.25, 0.3) is 61.1 Å². The van der Waals surface area contributed by atoms with Crippen molar-refractivity contribution in [2.75, 3.05) is 0 Å². The van der Waals surface area contributed by atoms with Gasteiger partial charge in [0.05, 0.1) is 45.1 Å². The van der Waals surface area contributed by atoms with E-state index in [1.54, 1.807) is 0 Å². The van der Waals surface area contributed by atoms with Gasteiger partial charge >= 0.3 is 0 Å². The van der Waals surface area contributed by atoms with Gasteiger partial charge in [-0.05, 0) is 138 Å². The first-order valence-corrected chi connectivity index (χ1v) is 24.1. The van der Waals surface area contributed by atoms with Gasteiger partial charge in [0.2, 0.25) is 0 Å². The standard InChI is InChI=1S/C62H47N3S/c1-59(2,3)36-25-27-53-43(30-36)44-31-37(60(4,5)6)26-28-54(44)65(53)38-32-52-58(64-35-38)57-49(23-15-29-63-57)62(52)48-22-13-14-24-55(48)66-56-34-50-42(33-51(56)62)41-18-9-12-21-47(41)61(50)45-19-10-7-16-39(45)40-17-8-11-20-46(40)61/h7-35H,1-6H3. The summed E-state index contributed by atoms with van der Waals surface area (Å²) in [6.45, 7) is 13.8. The smallest absolute Gasteiger partial charge is 0.0939 e. The van der Waals surface area contributed by atoms with Crippen molar-refractivity contribution < 1.29 is 0 Å². The Balaban J connectivity index is 1.08. The van der Waals surface area contributed by atoms with E-state index in [0.29, 0.717) is 0 Å². The molecule has 7 aromatic carbocycles. The fraction of sp³-hybridized carbons (Fsp3) is 0.161. The van der Waals surface area contributed by atoms with Crippen LogP contribution in [0.5, 0.6) is 0 Å². The number of hydrogen-bond donors (Lipinski definition) is 0. The van der Waals surface area contributed by atoms with E-state index in [9.17, 15) is 0 Å². The first-order valence-electron chi connectivity index (χ1n) is 23.3. The Morgan fingerprint density at radius 1 is 0.409 bits per heavy atom. The largest absolute Gasteiger partial charge is 0.308 e. The molecule has 3 nitrogen and oxygen atoms in total. The lowest BCUT2D eigenvalue weighted by Crippen LogP contribution is -2.33. The Bertz CT molecular complexity index is 3660. The SMILES string of the molecule is CC(C)(C)c1ccc2c(c1)c1cc(C(C)(C)C)ccc1n2-c1cnc2c(c1)C1(c3ccccc3Sc3cc4c(cc31)-c1ccccc1C41c3ccccc3-c3ccccc31)c1cccnc1-2. The van der Waals surface area contributed by atoms with Gasteiger partial charge in [-0.25, -0.2) is 0 Å². The molecule has 3 aliphatic carbocycles. The summed E-state index contributed by atoms with van der Waals surface area (Å²) in [6.07, 6.45) is 4.03. The highest BCUT2D eigenvalue weighted by Crippen LogP contribution is 2.67. The van der Waals surface area contributed by atoms with Crippen molar-refractivity contribution in [1.29, 1.82) is 0 Å². The minimum absolute atomic E-state index is 0.00911. The zero-order valence-corrected chi connectivity index (χ0v) is 38.8. The number of rotatable bonds is 1. The average molecular weight is 866 g/mol. The fourth-order valence-electron chi connectivity index (χ4n) is 12.5. The van der Waals surface area contributed by atoms with E-state index >= 15 is 0 Å². The monoisotopic (exact) mass is 865 g/mol. The van der Waals surface area contributed by atoms with Crippen molar-refractivity contribution in [3.63, 3.8) is 0 Å². The highest BCUT2D eigenvalue weighted by atomic mass is 32.2. The van der Waals surface area contributed by atoms with Crippen LogP contribution in [0.2, 0.25) is 0 Å². The summed E-state index contributed by atoms with van der Waals surface area (Å²) in [5, 5.41) is 2.54. The summed E-state index contributed by atoms with van der Waals surface area (Å²) in [6, 6.07) is 62.7. The van der Waals surface area contributed by atoms with E-state index in [0.717, 1.165) is 17.1 Å². The molecule has 0 saturated carbocycles. The van der Waals surface area contributed by atoms with E-state index in [1.807, 2.05) is 18.0 Å². The Hall–Kier alpha value is -7.01. The second-order valence-electron chi connectivity index (χ2n) is 20.9. The maximum atomic E-state index is 5.51. The molecule has 1 unspecified atom stereocenters. The highest BCUT2D eigenvalue weighted by molar-refractivity contribution is 7.99. The molecule has 4 heteroatoms. The molecule has 0 bridgehead atoms. The van der Waals surface area contributed by atoms with Crippen molar-refractivity contribution in [1.82, 2.24) is 14.5 Å². The predicted octanol–water partition coefficient (Wildman–Crippen LogP) is 15.3. The summed E-state index contributed by atoms with van der Waals surface area (Å²) in [5.41, 5.74) is 22.5. The molecule has 1 aliphatic heterocycles. The van der Waals surface area contributed by atoms with Gasteiger partial charge in [0.25, 0.3) is 0 Å². The van der Waals surface area contributed by atoms with Crippen LogP contribution in [0.15, 0.2) is 186 Å². The summed E-state index contributed by atoms with van der Waals surface area (Å²) >= 11 is 1.91. The lowest BCUT2D eigenvalue weighted by atomic mass is 9.66. The topological polar surface area (TPSA) is 30.7 Å². The molecular weight excluding hydrogens is 819 g/mol. The van der Waals surface area contributed by atoms with Gasteiger partial charge in [0.15, 0.2) is 0 Å². The van der Waals surface area contributed by atoms with Gasteiger partial charge in [-0.3, -0.25) is 9.97 Å². The quantitative estimate of drug-likeness (QED) is 0.165. The predicted molar refractivity (Wildman–Crippen MR) is 271 cm³/mol. The molecule has 10 aromatic rings. The van der Waals surface area contributed by atoms with Crippen LogP contribution in [0.4, 0.5) is 0 Å². The van der Waals surface area contributed by atoms with Crippen LogP contribution < -0.4 is 0 Å². The number of fused-ring (bicyclic) bond motifs is 22. The van der Waals surface area contributed by atoms with Gasteiger partial charge in [0.1, 0.15) is 0 Å². The summed E-state index contributed by atoms with van der Waals surface area (Å²) in [4.78, 5) is 13.2. The molecule has 2 spiro atoms. The third-order valence-corrected chi connectivity index (χ3v) is 16.6. The normalized spacial score (nSPS) is 16.8. The van der Waals surface area contributed by atoms with Crippen LogP contribution >= 0.6 is 11.8 Å². The van der Waals surface area contributed by atoms with E-state index in [2.05, 4.69) is 216 Å². The minimum Gasteiger partial charge on any atom is -0.308 e. The van der Waals surface area contributed by atoms with Crippen molar-refractivity contribution in [3.8, 4) is 39.3 Å². The second-order valence-corrected chi connectivity index (χ2v) is 22.0. The number of hydrogen-bond acceptors (Lipinski definition) is 3. The molecule has 0 fully saturated rings. The van der Waals surface area contributed by atoms with E-state index in [4.69, 9.17) is 9.97 Å². The molecule has 4 aliphatic rings. The maximum absolute atomic E-state index is 5.51. The number of pyridine rings is 2. The van der Waals surface area contributed by atoms with E-state index in [1.165, 1.54) is 109 Å². The van der Waals surface area contributed by atoms with Gasteiger partial charge in [0, 0.05) is 32.3 Å². The zero-order valence-electron chi connectivity index (χ0n) is 38.0. The fourth-order valence-corrected chi connectivity index (χ4v) is 13.7. The van der Waals surface area contributed by atoms with Crippen LogP contribution in [0.1, 0.15) is 97.2 Å². The van der Waals surface area contributed by atoms with E-state index < -0.39 is 10.8 Å². The van der Waals surface area contributed by atoms with Crippen LogP contribution in [0.3, 0.4) is 0 Å². The molecule has 0 amide bonds. The van der Waals surface area contributed by atoms with Gasteiger partial charge < -0.3 is 4.57 Å². The van der Waals surface area contributed by atoms with Crippen molar-refractivity contribution >= 4 is 33.6 Å². The molecule has 4 heterocycles. The van der Waals surface area contributed by atoms with Gasteiger partial charge in [-0.15, -0.1) is 0 Å². The first-order chi connectivity index (χ1) is 32.0. The number of benzene rings is 7. The minimum atomic E-state index is -0.679. The van der Waals surface area contributed by atoms with Crippen molar-refractivity contribution in [2.45, 2.75) is 73.0 Å². The molecule has 0 N–H and O–H groups in total. The Kier molecular flexibility index (Phi) is 7.46. The van der Waals surface area contributed by atoms with Crippen LogP contribution in [-0.4, -0.2) is 14.5 Å². The lowest BCUT2D eigenvalue weighted by molar-refractivity contribution is 0.590. The second kappa shape index (κ2) is 12.9. The molecule has 14 rings (SSSR count). The summed E-state index contributed by atoms with van der Waals surface area (Å²) in [5.74, 6) is 0. The average Bonchev–Trinajstić information content (AvgIpc) is 4.01. The Labute approximate surface area is 390 Å². The van der Waals surface area contributed by atoms with Crippen molar-refractivity contribution in [3.05, 3.63) is 232 Å². The Morgan fingerprint density at radius 2 is 0.924 bits per heavy atom.